The molecule has 0 aliphatic heterocycles. The van der Waals surface area contributed by atoms with Crippen molar-refractivity contribution < 1.29 is 0 Å². The normalized spacial score (nSPS) is 27.0. The summed E-state index contributed by atoms with van der Waals surface area (Å²) < 4.78 is 1.23. The summed E-state index contributed by atoms with van der Waals surface area (Å²) in [7, 11) is 0. The van der Waals surface area contributed by atoms with Crippen molar-refractivity contribution in [2.24, 2.45) is 5.92 Å². The third-order valence-electron chi connectivity index (χ3n) is 3.87. The molecule has 0 saturated heterocycles. The van der Waals surface area contributed by atoms with Crippen molar-refractivity contribution in [3.05, 3.63) is 20.8 Å². The van der Waals surface area contributed by atoms with Gasteiger partial charge in [0.1, 0.15) is 0 Å². The molecule has 1 heterocycles. The third kappa shape index (κ3) is 3.80. The minimum absolute atomic E-state index is 0.493. The maximum atomic E-state index is 3.80. The van der Waals surface area contributed by atoms with E-state index in [-0.39, 0.29) is 0 Å². The molecule has 0 spiro atoms. The van der Waals surface area contributed by atoms with Gasteiger partial charge in [0, 0.05) is 17.0 Å². The SMILES string of the molecule is CCC1CCCC(NC(C)c2ccc(Br)s2)C1. The number of thiophene rings is 1. The van der Waals surface area contributed by atoms with E-state index in [1.807, 2.05) is 11.3 Å². The molecule has 3 heteroatoms. The molecule has 0 bridgehead atoms. The largest absolute Gasteiger partial charge is 0.307 e. The zero-order chi connectivity index (χ0) is 12.3. The van der Waals surface area contributed by atoms with Gasteiger partial charge in [0.2, 0.25) is 0 Å². The average molecular weight is 316 g/mol. The van der Waals surface area contributed by atoms with E-state index in [0.29, 0.717) is 6.04 Å². The molecule has 17 heavy (non-hydrogen) atoms. The van der Waals surface area contributed by atoms with E-state index >= 15 is 0 Å². The molecule has 3 unspecified atom stereocenters. The predicted octanol–water partition coefficient (Wildman–Crippen LogP) is 5.13. The summed E-state index contributed by atoms with van der Waals surface area (Å²) in [4.78, 5) is 1.44. The molecule has 1 aromatic rings. The molecule has 1 nitrogen and oxygen atoms in total. The lowest BCUT2D eigenvalue weighted by Crippen LogP contribution is -2.35. The van der Waals surface area contributed by atoms with E-state index in [4.69, 9.17) is 0 Å². The fourth-order valence-electron chi connectivity index (χ4n) is 2.81. The number of hydrogen-bond acceptors (Lipinski definition) is 2. The summed E-state index contributed by atoms with van der Waals surface area (Å²) in [6.45, 7) is 4.61. The second kappa shape index (κ2) is 6.35. The summed E-state index contributed by atoms with van der Waals surface area (Å²) in [5.41, 5.74) is 0. The van der Waals surface area contributed by atoms with Crippen LogP contribution < -0.4 is 5.32 Å². The van der Waals surface area contributed by atoms with Crippen molar-refractivity contribution >= 4 is 27.3 Å². The molecule has 1 aliphatic carbocycles. The van der Waals surface area contributed by atoms with Gasteiger partial charge in [-0.15, -0.1) is 11.3 Å². The molecular weight excluding hydrogens is 294 g/mol. The first-order valence-electron chi connectivity index (χ1n) is 6.70. The highest BCUT2D eigenvalue weighted by molar-refractivity contribution is 9.11. The van der Waals surface area contributed by atoms with Gasteiger partial charge < -0.3 is 5.32 Å². The van der Waals surface area contributed by atoms with Crippen LogP contribution >= 0.6 is 27.3 Å². The summed E-state index contributed by atoms with van der Waals surface area (Å²) in [5.74, 6) is 0.948. The lowest BCUT2D eigenvalue weighted by atomic mass is 9.84. The second-order valence-corrected chi connectivity index (χ2v) is 7.66. The van der Waals surface area contributed by atoms with Crippen LogP contribution in [-0.2, 0) is 0 Å². The van der Waals surface area contributed by atoms with Crippen LogP contribution in [0, 0.1) is 5.92 Å². The molecule has 1 saturated carbocycles. The zero-order valence-electron chi connectivity index (χ0n) is 10.7. The van der Waals surface area contributed by atoms with E-state index in [1.54, 1.807) is 0 Å². The Labute approximate surface area is 117 Å². The molecule has 0 amide bonds. The first-order valence-corrected chi connectivity index (χ1v) is 8.31. The Hall–Kier alpha value is 0.140. The Balaban J connectivity index is 1.87. The Morgan fingerprint density at radius 2 is 2.29 bits per heavy atom. The first-order chi connectivity index (χ1) is 8.19. The topological polar surface area (TPSA) is 12.0 Å². The minimum atomic E-state index is 0.493. The number of rotatable bonds is 4. The number of hydrogen-bond donors (Lipinski definition) is 1. The Morgan fingerprint density at radius 1 is 1.47 bits per heavy atom. The maximum absolute atomic E-state index is 3.80. The van der Waals surface area contributed by atoms with Crippen molar-refractivity contribution in [3.63, 3.8) is 0 Å². The van der Waals surface area contributed by atoms with Crippen LogP contribution in [0.1, 0.15) is 56.9 Å². The van der Waals surface area contributed by atoms with Crippen LogP contribution in [0.15, 0.2) is 15.9 Å². The molecule has 1 aliphatic rings. The van der Waals surface area contributed by atoms with Gasteiger partial charge in [0.05, 0.1) is 3.79 Å². The summed E-state index contributed by atoms with van der Waals surface area (Å²) in [6.07, 6.45) is 6.91. The molecule has 3 atom stereocenters. The standard InChI is InChI=1S/C14H22BrNS/c1-3-11-5-4-6-12(9-11)16-10(2)13-7-8-14(15)17-13/h7-8,10-12,16H,3-6,9H2,1-2H3. The zero-order valence-corrected chi connectivity index (χ0v) is 13.1. The van der Waals surface area contributed by atoms with Crippen LogP contribution in [-0.4, -0.2) is 6.04 Å². The maximum Gasteiger partial charge on any atom is 0.0701 e. The summed E-state index contributed by atoms with van der Waals surface area (Å²) in [6, 6.07) is 5.59. The minimum Gasteiger partial charge on any atom is -0.307 e. The van der Waals surface area contributed by atoms with Crippen LogP contribution in [0.5, 0.6) is 0 Å². The van der Waals surface area contributed by atoms with Gasteiger partial charge in [-0.3, -0.25) is 0 Å². The molecule has 0 radical (unpaired) electrons. The van der Waals surface area contributed by atoms with Crippen molar-refractivity contribution in [2.45, 2.75) is 58.0 Å². The number of halogens is 1. The summed E-state index contributed by atoms with van der Waals surface area (Å²) in [5, 5.41) is 3.80. The van der Waals surface area contributed by atoms with Gasteiger partial charge in [-0.25, -0.2) is 0 Å². The Kier molecular flexibility index (Phi) is 5.07. The fraction of sp³-hybridized carbons (Fsp3) is 0.714. The smallest absolute Gasteiger partial charge is 0.0701 e. The molecule has 1 fully saturated rings. The highest BCUT2D eigenvalue weighted by Crippen LogP contribution is 2.31. The monoisotopic (exact) mass is 315 g/mol. The third-order valence-corrected chi connectivity index (χ3v) is 5.67. The average Bonchev–Trinajstić information content (AvgIpc) is 2.76. The summed E-state index contributed by atoms with van der Waals surface area (Å²) >= 11 is 5.38. The highest BCUT2D eigenvalue weighted by Gasteiger charge is 2.22. The van der Waals surface area contributed by atoms with Gasteiger partial charge in [-0.1, -0.05) is 26.2 Å². The van der Waals surface area contributed by atoms with E-state index in [0.717, 1.165) is 12.0 Å². The van der Waals surface area contributed by atoms with E-state index in [2.05, 4.69) is 47.2 Å². The van der Waals surface area contributed by atoms with Crippen molar-refractivity contribution in [2.75, 3.05) is 0 Å². The van der Waals surface area contributed by atoms with Gasteiger partial charge in [0.25, 0.3) is 0 Å². The molecular formula is C14H22BrNS. The van der Waals surface area contributed by atoms with Crippen LogP contribution in [0.4, 0.5) is 0 Å². The van der Waals surface area contributed by atoms with Crippen LogP contribution in [0.2, 0.25) is 0 Å². The van der Waals surface area contributed by atoms with Crippen LogP contribution in [0.25, 0.3) is 0 Å². The van der Waals surface area contributed by atoms with E-state index in [9.17, 15) is 0 Å². The first kappa shape index (κ1) is 13.6. The van der Waals surface area contributed by atoms with Gasteiger partial charge in [-0.05, 0) is 53.7 Å². The molecule has 1 N–H and O–H groups in total. The Bertz CT molecular complexity index is 350. The van der Waals surface area contributed by atoms with Gasteiger partial charge in [-0.2, -0.15) is 0 Å². The van der Waals surface area contributed by atoms with Crippen molar-refractivity contribution in [1.29, 1.82) is 0 Å². The molecule has 1 aromatic heterocycles. The Morgan fingerprint density at radius 3 is 2.94 bits per heavy atom. The highest BCUT2D eigenvalue weighted by atomic mass is 79.9. The quantitative estimate of drug-likeness (QED) is 0.812. The van der Waals surface area contributed by atoms with Gasteiger partial charge >= 0.3 is 0 Å². The van der Waals surface area contributed by atoms with E-state index < -0.39 is 0 Å². The lowest BCUT2D eigenvalue weighted by molar-refractivity contribution is 0.266. The van der Waals surface area contributed by atoms with E-state index in [1.165, 1.54) is 40.8 Å². The predicted molar refractivity (Wildman–Crippen MR) is 79.6 cm³/mol. The number of nitrogens with one attached hydrogen (secondary N) is 1. The van der Waals surface area contributed by atoms with Crippen LogP contribution in [0.3, 0.4) is 0 Å². The second-order valence-electron chi connectivity index (χ2n) is 5.17. The molecule has 0 aromatic carbocycles. The molecule has 2 rings (SSSR count). The van der Waals surface area contributed by atoms with Gasteiger partial charge in [0.15, 0.2) is 0 Å². The van der Waals surface area contributed by atoms with Crippen molar-refractivity contribution in [3.8, 4) is 0 Å². The molecule has 96 valence electrons. The lowest BCUT2D eigenvalue weighted by Gasteiger charge is -2.31. The fourth-order valence-corrected chi connectivity index (χ4v) is 4.24. The van der Waals surface area contributed by atoms with Crippen molar-refractivity contribution in [1.82, 2.24) is 5.32 Å².